The Hall–Kier alpha value is -3.55. The van der Waals surface area contributed by atoms with Crippen LogP contribution in [0.3, 0.4) is 0 Å². The van der Waals surface area contributed by atoms with Gasteiger partial charge in [-0.1, -0.05) is 12.1 Å². The van der Waals surface area contributed by atoms with Crippen LogP contribution < -0.4 is 14.8 Å². The number of nitrogens with one attached hydrogen (secondary N) is 1. The Kier molecular flexibility index (Phi) is 4.38. The molecule has 4 rings (SSSR count). The fraction of sp³-hybridized carbons (Fsp3) is 0.250. The molecular formula is C20H19N3O5. The van der Waals surface area contributed by atoms with Crippen molar-refractivity contribution in [2.45, 2.75) is 19.9 Å². The van der Waals surface area contributed by atoms with Crippen LogP contribution in [0.5, 0.6) is 11.5 Å². The zero-order chi connectivity index (χ0) is 19.8. The van der Waals surface area contributed by atoms with Crippen molar-refractivity contribution >= 4 is 23.4 Å². The molecule has 0 aliphatic carbocycles. The zero-order valence-corrected chi connectivity index (χ0v) is 15.7. The molecule has 2 aromatic carbocycles. The summed E-state index contributed by atoms with van der Waals surface area (Å²) in [6.45, 7) is 3.48. The van der Waals surface area contributed by atoms with Crippen molar-refractivity contribution in [1.82, 2.24) is 5.01 Å². The lowest BCUT2D eigenvalue weighted by Crippen LogP contribution is -2.34. The molecule has 1 N–H and O–H groups in total. The van der Waals surface area contributed by atoms with Crippen molar-refractivity contribution < 1.29 is 23.8 Å². The van der Waals surface area contributed by atoms with E-state index >= 15 is 0 Å². The van der Waals surface area contributed by atoms with Gasteiger partial charge in [-0.2, -0.15) is 10.1 Å². The van der Waals surface area contributed by atoms with Gasteiger partial charge in [0, 0.05) is 23.7 Å². The molecule has 0 aromatic heterocycles. The summed E-state index contributed by atoms with van der Waals surface area (Å²) in [6.07, 6.45) is -0.553. The number of fused-ring (bicyclic) bond motifs is 2. The molecule has 0 spiro atoms. The molecule has 144 valence electrons. The Morgan fingerprint density at radius 2 is 1.86 bits per heavy atom. The molecule has 0 saturated heterocycles. The lowest BCUT2D eigenvalue weighted by atomic mass is 9.91. The van der Waals surface area contributed by atoms with Gasteiger partial charge in [-0.3, -0.25) is 4.79 Å². The summed E-state index contributed by atoms with van der Waals surface area (Å²) in [6, 6.07) is 10.7. The van der Waals surface area contributed by atoms with E-state index in [1.807, 2.05) is 31.2 Å². The van der Waals surface area contributed by atoms with Gasteiger partial charge < -0.3 is 19.5 Å². The average molecular weight is 381 g/mol. The van der Waals surface area contributed by atoms with E-state index in [4.69, 9.17) is 14.2 Å². The fourth-order valence-electron chi connectivity index (χ4n) is 3.31. The van der Waals surface area contributed by atoms with E-state index in [-0.39, 0.29) is 18.7 Å². The summed E-state index contributed by atoms with van der Waals surface area (Å²) in [7, 11) is 1.32. The third kappa shape index (κ3) is 3.02. The number of anilines is 1. The molecule has 8 nitrogen and oxygen atoms in total. The molecule has 0 saturated carbocycles. The quantitative estimate of drug-likeness (QED) is 0.862. The molecule has 2 aliphatic heterocycles. The Balaban J connectivity index is 1.82. The minimum Gasteiger partial charge on any atom is -0.454 e. The Morgan fingerprint density at radius 1 is 1.18 bits per heavy atom. The van der Waals surface area contributed by atoms with Gasteiger partial charge in [-0.15, -0.1) is 0 Å². The van der Waals surface area contributed by atoms with E-state index < -0.39 is 6.09 Å². The zero-order valence-electron chi connectivity index (χ0n) is 15.7. The van der Waals surface area contributed by atoms with E-state index in [0.717, 1.165) is 16.7 Å². The normalized spacial score (nSPS) is 16.9. The number of hydrogen-bond acceptors (Lipinski definition) is 6. The van der Waals surface area contributed by atoms with Crippen molar-refractivity contribution in [1.29, 1.82) is 0 Å². The highest BCUT2D eigenvalue weighted by Gasteiger charge is 2.33. The minimum atomic E-state index is -0.553. The molecule has 1 unspecified atom stereocenters. The SMILES string of the molecule is COC(=O)N1N=C(c2ccc(NC(C)=O)cc2)c2cc3c(cc2C1C)OCO3. The molecule has 2 heterocycles. The lowest BCUT2D eigenvalue weighted by molar-refractivity contribution is -0.114. The van der Waals surface area contributed by atoms with Crippen LogP contribution in [0.1, 0.15) is 36.6 Å². The van der Waals surface area contributed by atoms with Crippen LogP contribution >= 0.6 is 0 Å². The van der Waals surface area contributed by atoms with Gasteiger partial charge in [0.25, 0.3) is 0 Å². The highest BCUT2D eigenvalue weighted by Crippen LogP contribution is 2.41. The van der Waals surface area contributed by atoms with Gasteiger partial charge in [-0.25, -0.2) is 4.79 Å². The summed E-state index contributed by atoms with van der Waals surface area (Å²) in [4.78, 5) is 23.5. The molecular weight excluding hydrogens is 362 g/mol. The van der Waals surface area contributed by atoms with Gasteiger partial charge in [0.05, 0.1) is 18.9 Å². The highest BCUT2D eigenvalue weighted by atomic mass is 16.7. The fourth-order valence-corrected chi connectivity index (χ4v) is 3.31. The number of carbonyl (C=O) groups excluding carboxylic acids is 2. The molecule has 28 heavy (non-hydrogen) atoms. The number of ether oxygens (including phenoxy) is 3. The number of carbonyl (C=O) groups is 2. The maximum atomic E-state index is 12.3. The van der Waals surface area contributed by atoms with Crippen LogP contribution in [0.15, 0.2) is 41.5 Å². The van der Waals surface area contributed by atoms with Gasteiger partial charge in [-0.05, 0) is 36.8 Å². The number of methoxy groups -OCH3 is 1. The predicted octanol–water partition coefficient (Wildman–Crippen LogP) is 3.27. The van der Waals surface area contributed by atoms with Crippen molar-refractivity contribution in [2.75, 3.05) is 19.2 Å². The standard InChI is InChI=1S/C20H19N3O5/c1-11-15-8-17-18(28-10-27-17)9-16(15)19(22-23(11)20(25)26-3)13-4-6-14(7-5-13)21-12(2)24/h4-9,11H,10H2,1-3H3,(H,21,24). The number of hydrogen-bond donors (Lipinski definition) is 1. The number of nitrogens with zero attached hydrogens (tertiary/aromatic N) is 2. The number of hydrazone groups is 1. The topological polar surface area (TPSA) is 89.5 Å². The summed E-state index contributed by atoms with van der Waals surface area (Å²) < 4.78 is 15.9. The summed E-state index contributed by atoms with van der Waals surface area (Å²) in [5.41, 5.74) is 3.80. The van der Waals surface area contributed by atoms with E-state index in [1.54, 1.807) is 12.1 Å². The third-order valence-corrected chi connectivity index (χ3v) is 4.66. The van der Waals surface area contributed by atoms with E-state index in [0.29, 0.717) is 22.9 Å². The van der Waals surface area contributed by atoms with E-state index in [1.165, 1.54) is 19.0 Å². The molecule has 0 radical (unpaired) electrons. The molecule has 2 amide bonds. The molecule has 2 aromatic rings. The summed E-state index contributed by atoms with van der Waals surface area (Å²) >= 11 is 0. The first-order valence-corrected chi connectivity index (χ1v) is 8.75. The molecule has 1 atom stereocenters. The van der Waals surface area contributed by atoms with Crippen LogP contribution in [0, 0.1) is 0 Å². The van der Waals surface area contributed by atoms with Crippen molar-refractivity contribution in [3.8, 4) is 11.5 Å². The molecule has 2 aliphatic rings. The second-order valence-corrected chi connectivity index (χ2v) is 6.49. The van der Waals surface area contributed by atoms with Gasteiger partial charge in [0.2, 0.25) is 12.7 Å². The summed E-state index contributed by atoms with van der Waals surface area (Å²) in [5, 5.41) is 8.59. The average Bonchev–Trinajstić information content (AvgIpc) is 3.14. The molecule has 0 bridgehead atoms. The van der Waals surface area contributed by atoms with Gasteiger partial charge >= 0.3 is 6.09 Å². The van der Waals surface area contributed by atoms with Crippen LogP contribution in [0.2, 0.25) is 0 Å². The highest BCUT2D eigenvalue weighted by molar-refractivity contribution is 6.15. The van der Waals surface area contributed by atoms with Gasteiger partial charge in [0.1, 0.15) is 0 Å². The second-order valence-electron chi connectivity index (χ2n) is 6.49. The lowest BCUT2D eigenvalue weighted by Gasteiger charge is -2.31. The third-order valence-electron chi connectivity index (χ3n) is 4.66. The second kappa shape index (κ2) is 6.88. The Bertz CT molecular complexity index is 984. The maximum absolute atomic E-state index is 12.3. The largest absolute Gasteiger partial charge is 0.454 e. The number of benzene rings is 2. The van der Waals surface area contributed by atoms with Crippen LogP contribution in [0.25, 0.3) is 0 Å². The minimum absolute atomic E-state index is 0.147. The first-order valence-electron chi connectivity index (χ1n) is 8.75. The van der Waals surface area contributed by atoms with Crippen molar-refractivity contribution in [3.05, 3.63) is 53.1 Å². The number of amides is 2. The molecule has 8 heteroatoms. The Labute approximate surface area is 161 Å². The number of rotatable bonds is 2. The maximum Gasteiger partial charge on any atom is 0.430 e. The predicted molar refractivity (Wildman–Crippen MR) is 102 cm³/mol. The van der Waals surface area contributed by atoms with Crippen LogP contribution in [-0.2, 0) is 9.53 Å². The van der Waals surface area contributed by atoms with E-state index in [2.05, 4.69) is 10.4 Å². The van der Waals surface area contributed by atoms with Crippen LogP contribution in [0.4, 0.5) is 10.5 Å². The monoisotopic (exact) mass is 381 g/mol. The Morgan fingerprint density at radius 3 is 2.50 bits per heavy atom. The smallest absolute Gasteiger partial charge is 0.430 e. The first kappa shape index (κ1) is 17.8. The molecule has 0 fully saturated rings. The van der Waals surface area contributed by atoms with E-state index in [9.17, 15) is 9.59 Å². The van der Waals surface area contributed by atoms with Crippen LogP contribution in [-0.4, -0.2) is 36.6 Å². The van der Waals surface area contributed by atoms with Crippen molar-refractivity contribution in [3.63, 3.8) is 0 Å². The first-order chi connectivity index (χ1) is 13.5. The summed E-state index contributed by atoms with van der Waals surface area (Å²) in [5.74, 6) is 1.13. The van der Waals surface area contributed by atoms with Gasteiger partial charge in [0.15, 0.2) is 11.5 Å². The van der Waals surface area contributed by atoms with Crippen molar-refractivity contribution in [2.24, 2.45) is 5.10 Å².